The number of hydrogen-bond acceptors (Lipinski definition) is 5. The zero-order chi connectivity index (χ0) is 11.3. The van der Waals surface area contributed by atoms with Crippen LogP contribution in [0.15, 0.2) is 28.4 Å². The fourth-order valence-corrected chi connectivity index (χ4v) is 0.943. The molecule has 0 heterocycles. The number of para-hydroxylation sites is 1. The Morgan fingerprint density at radius 3 is 2.65 bits per heavy atom. The van der Waals surface area contributed by atoms with Gasteiger partial charge in [-0.2, -0.15) is 5.10 Å². The quantitative estimate of drug-likeness (QED) is 0.296. The summed E-state index contributed by atoms with van der Waals surface area (Å²) in [4.78, 5) is 0. The second kappa shape index (κ2) is 8.49. The molecule has 0 aliphatic heterocycles. The van der Waals surface area contributed by atoms with Crippen molar-refractivity contribution in [2.45, 2.75) is 0 Å². The van der Waals surface area contributed by atoms with E-state index in [1.54, 1.807) is 6.07 Å². The molecule has 0 spiro atoms. The fraction of sp³-hybridized carbons (Fsp3) is 0.111. The molecule has 1 aromatic rings. The Morgan fingerprint density at radius 2 is 2.12 bits per heavy atom. The van der Waals surface area contributed by atoms with Crippen molar-refractivity contribution < 1.29 is 39.9 Å². The summed E-state index contributed by atoms with van der Waals surface area (Å²) in [5.74, 6) is -0.110. The Hall–Kier alpha value is -1.66. The molecule has 0 unspecified atom stereocenters. The van der Waals surface area contributed by atoms with E-state index in [-0.39, 0.29) is 42.0 Å². The van der Waals surface area contributed by atoms with Gasteiger partial charge >= 0.3 is 19.5 Å². The summed E-state index contributed by atoms with van der Waals surface area (Å²) in [5.41, 5.74) is 5.01. The van der Waals surface area contributed by atoms with Crippen LogP contribution in [0.1, 0.15) is 5.56 Å². The van der Waals surface area contributed by atoms with Crippen LogP contribution in [0.25, 0.3) is 0 Å². The van der Waals surface area contributed by atoms with Crippen molar-refractivity contribution in [1.29, 1.82) is 0 Å². The largest absolute Gasteiger partial charge is 2.00 e. The van der Waals surface area contributed by atoms with Gasteiger partial charge in [-0.05, 0) is 11.6 Å². The molecule has 88 valence electrons. The van der Waals surface area contributed by atoms with Gasteiger partial charge in [0.05, 0.1) is 19.3 Å². The van der Waals surface area contributed by atoms with Gasteiger partial charge in [-0.25, -0.2) is 0 Å². The third-order valence-corrected chi connectivity index (χ3v) is 1.58. The van der Waals surface area contributed by atoms with E-state index in [2.05, 4.69) is 10.2 Å². The van der Waals surface area contributed by atoms with Gasteiger partial charge in [0.25, 0.3) is 0 Å². The number of amidine groups is 1. The fourth-order valence-electron chi connectivity index (χ4n) is 0.943. The maximum Gasteiger partial charge on any atom is 2.00 e. The smallest absolute Gasteiger partial charge is 0.870 e. The standard InChI is InChI=1S/C9H11N3O3.H2O.Zn/c1-15-7-4-2-3-6(8(7)13)5-11-12-9(10)14;;/h2-5,13H,1H3,(H3,10,12,14);1H2;/q;;+2/p-2/b11-5+;;. The predicted octanol–water partition coefficient (Wildman–Crippen LogP) is -2.05. The van der Waals surface area contributed by atoms with Crippen molar-refractivity contribution in [3.63, 3.8) is 0 Å². The summed E-state index contributed by atoms with van der Waals surface area (Å²) in [6, 6.07) is 3.78. The van der Waals surface area contributed by atoms with Gasteiger partial charge < -0.3 is 26.2 Å². The number of methoxy groups -OCH3 is 1. The first-order valence-electron chi connectivity index (χ1n) is 4.02. The molecule has 7 nitrogen and oxygen atoms in total. The molecule has 0 atom stereocenters. The molecule has 0 amide bonds. The first kappa shape index (κ1) is 17.7. The minimum absolute atomic E-state index is 0. The van der Waals surface area contributed by atoms with Crippen molar-refractivity contribution >= 4 is 12.2 Å². The summed E-state index contributed by atoms with van der Waals surface area (Å²) in [6.45, 7) is 0. The van der Waals surface area contributed by atoms with Crippen molar-refractivity contribution in [3.8, 4) is 11.5 Å². The molecule has 17 heavy (non-hydrogen) atoms. The summed E-state index contributed by atoms with van der Waals surface area (Å²) in [6.07, 6.45) is 1.15. The maximum atomic E-state index is 11.5. The van der Waals surface area contributed by atoms with Crippen LogP contribution < -0.4 is 20.7 Å². The van der Waals surface area contributed by atoms with Crippen molar-refractivity contribution in [2.24, 2.45) is 15.9 Å². The molecule has 0 aromatic heterocycles. The van der Waals surface area contributed by atoms with Crippen LogP contribution in [0.3, 0.4) is 0 Å². The van der Waals surface area contributed by atoms with E-state index >= 15 is 0 Å². The molecule has 0 aliphatic carbocycles. The molecule has 0 saturated carbocycles. The molecule has 0 saturated heterocycles. The minimum atomic E-state index is -0.915. The molecule has 1 rings (SSSR count). The molecule has 0 aliphatic rings. The zero-order valence-corrected chi connectivity index (χ0v) is 12.2. The van der Waals surface area contributed by atoms with Gasteiger partial charge in [0.2, 0.25) is 0 Å². The third kappa shape index (κ3) is 5.28. The number of ether oxygens (including phenoxy) is 1. The molecule has 8 heteroatoms. The van der Waals surface area contributed by atoms with Crippen LogP contribution in [0.4, 0.5) is 0 Å². The van der Waals surface area contributed by atoms with E-state index in [9.17, 15) is 10.2 Å². The number of hydrogen-bond donors (Lipinski definition) is 1. The monoisotopic (exact) mass is 289 g/mol. The number of rotatable bonds is 3. The van der Waals surface area contributed by atoms with Crippen LogP contribution in [0.5, 0.6) is 11.5 Å². The summed E-state index contributed by atoms with van der Waals surface area (Å²) in [5, 5.41) is 28.1. The molecule has 0 fully saturated rings. The van der Waals surface area contributed by atoms with E-state index < -0.39 is 6.02 Å². The Balaban J connectivity index is 0. The second-order valence-corrected chi connectivity index (χ2v) is 2.56. The average molecular weight is 291 g/mol. The number of nitrogens with zero attached hydrogens (tertiary/aromatic N) is 2. The van der Waals surface area contributed by atoms with Gasteiger partial charge in [0, 0.05) is 0 Å². The maximum absolute atomic E-state index is 11.5. The van der Waals surface area contributed by atoms with Gasteiger partial charge in [0.1, 0.15) is 5.75 Å². The zero-order valence-electron chi connectivity index (χ0n) is 9.21. The van der Waals surface area contributed by atoms with Crippen molar-refractivity contribution in [2.75, 3.05) is 7.11 Å². The van der Waals surface area contributed by atoms with Crippen LogP contribution in [-0.2, 0) is 19.5 Å². The van der Waals surface area contributed by atoms with Crippen molar-refractivity contribution in [1.82, 2.24) is 0 Å². The van der Waals surface area contributed by atoms with Crippen molar-refractivity contribution in [3.05, 3.63) is 23.8 Å². The van der Waals surface area contributed by atoms with E-state index in [4.69, 9.17) is 10.5 Å². The molecular formula is C9H11N3O4Zn. The first-order chi connectivity index (χ1) is 7.15. The third-order valence-electron chi connectivity index (χ3n) is 1.58. The van der Waals surface area contributed by atoms with Gasteiger partial charge in [-0.1, -0.05) is 17.9 Å². The average Bonchev–Trinajstić information content (AvgIpc) is 2.20. The van der Waals surface area contributed by atoms with Gasteiger partial charge in [0.15, 0.2) is 0 Å². The summed E-state index contributed by atoms with van der Waals surface area (Å²) >= 11 is 0. The normalized spacial score (nSPS) is 10.5. The molecule has 1 aromatic carbocycles. The van der Waals surface area contributed by atoms with Gasteiger partial charge in [-0.15, -0.1) is 5.10 Å². The Labute approximate surface area is 111 Å². The summed E-state index contributed by atoms with van der Waals surface area (Å²) in [7, 11) is 1.39. The minimum Gasteiger partial charge on any atom is -0.870 e. The van der Waals surface area contributed by atoms with Crippen LogP contribution >= 0.6 is 0 Å². The molecular weight excluding hydrogens is 280 g/mol. The Bertz CT molecular complexity index is 405. The SMILES string of the molecule is COc1cccc(/C=N/N=C(/N)[O-])c1[O-].O.[Zn+2]. The van der Waals surface area contributed by atoms with E-state index in [1.807, 2.05) is 0 Å². The van der Waals surface area contributed by atoms with E-state index in [1.165, 1.54) is 19.2 Å². The molecule has 0 bridgehead atoms. The molecule has 0 radical (unpaired) electrons. The Morgan fingerprint density at radius 1 is 1.47 bits per heavy atom. The van der Waals surface area contributed by atoms with Crippen LogP contribution in [0.2, 0.25) is 0 Å². The second-order valence-electron chi connectivity index (χ2n) is 2.56. The summed E-state index contributed by atoms with van der Waals surface area (Å²) < 4.78 is 4.82. The molecule has 4 N–H and O–H groups in total. The van der Waals surface area contributed by atoms with Crippen LogP contribution in [0, 0.1) is 0 Å². The Kier molecular flexibility index (Phi) is 8.85. The topological polar surface area (TPSA) is 138 Å². The van der Waals surface area contributed by atoms with E-state index in [0.29, 0.717) is 0 Å². The number of benzene rings is 1. The van der Waals surface area contributed by atoms with Crippen LogP contribution in [-0.4, -0.2) is 24.8 Å². The number of nitrogens with two attached hydrogens (primary N) is 1. The first-order valence-corrected chi connectivity index (χ1v) is 4.02. The van der Waals surface area contributed by atoms with E-state index in [0.717, 1.165) is 6.21 Å². The van der Waals surface area contributed by atoms with Gasteiger partial charge in [-0.3, -0.25) is 0 Å². The predicted molar refractivity (Wildman–Crippen MR) is 55.3 cm³/mol.